The van der Waals surface area contributed by atoms with Crippen LogP contribution in [0.3, 0.4) is 0 Å². The van der Waals surface area contributed by atoms with Crippen LogP contribution in [-0.4, -0.2) is 13.2 Å². The van der Waals surface area contributed by atoms with Crippen LogP contribution in [0.4, 0.5) is 0 Å². The molecule has 18 heavy (non-hydrogen) atoms. The lowest BCUT2D eigenvalue weighted by Gasteiger charge is -2.36. The predicted octanol–water partition coefficient (Wildman–Crippen LogP) is 4.13. The van der Waals surface area contributed by atoms with Crippen LogP contribution in [0.1, 0.15) is 38.4 Å². The third-order valence-corrected chi connectivity index (χ3v) is 3.71. The van der Waals surface area contributed by atoms with Gasteiger partial charge >= 0.3 is 0 Å². The lowest BCUT2D eigenvalue weighted by molar-refractivity contribution is -0.0672. The summed E-state index contributed by atoms with van der Waals surface area (Å²) in [4.78, 5) is 0. The molecule has 0 unspecified atom stereocenters. The number of hydrogen-bond acceptors (Lipinski definition) is 2. The summed E-state index contributed by atoms with van der Waals surface area (Å²) >= 11 is 0. The van der Waals surface area contributed by atoms with Crippen LogP contribution in [-0.2, 0) is 4.74 Å². The Labute approximate surface area is 110 Å². The van der Waals surface area contributed by atoms with Gasteiger partial charge in [0.1, 0.15) is 5.75 Å². The molecule has 1 aliphatic rings. The van der Waals surface area contributed by atoms with E-state index in [0.29, 0.717) is 12.0 Å². The highest BCUT2D eigenvalue weighted by Gasteiger charge is 2.30. The molecule has 0 bridgehead atoms. The van der Waals surface area contributed by atoms with Crippen LogP contribution in [0.15, 0.2) is 36.4 Å². The van der Waals surface area contributed by atoms with Crippen molar-refractivity contribution in [1.82, 2.24) is 0 Å². The fraction of sp³-hybridized carbons (Fsp3) is 0.500. The maximum absolute atomic E-state index is 6.12. The van der Waals surface area contributed by atoms with Gasteiger partial charge in [-0.15, -0.1) is 0 Å². The summed E-state index contributed by atoms with van der Waals surface area (Å²) in [6.45, 7) is 8.35. The maximum atomic E-state index is 6.12. The zero-order valence-electron chi connectivity index (χ0n) is 11.5. The Hall–Kier alpha value is -1.28. The van der Waals surface area contributed by atoms with E-state index in [2.05, 4.69) is 32.6 Å². The molecule has 98 valence electrons. The molecule has 1 saturated heterocycles. The Morgan fingerprint density at radius 2 is 1.94 bits per heavy atom. The van der Waals surface area contributed by atoms with Gasteiger partial charge in [-0.05, 0) is 44.4 Å². The van der Waals surface area contributed by atoms with Gasteiger partial charge in [0.25, 0.3) is 0 Å². The van der Waals surface area contributed by atoms with Gasteiger partial charge in [-0.2, -0.15) is 0 Å². The van der Waals surface area contributed by atoms with Gasteiger partial charge in [0.05, 0.1) is 19.3 Å². The molecule has 1 heterocycles. The SMILES string of the molecule is C=C(C)[C@H]1CC[C@H](C)O[C@@H]1c1ccc(OC)cc1. The van der Waals surface area contributed by atoms with E-state index >= 15 is 0 Å². The number of methoxy groups -OCH3 is 1. The fourth-order valence-electron chi connectivity index (χ4n) is 2.59. The topological polar surface area (TPSA) is 18.5 Å². The minimum Gasteiger partial charge on any atom is -0.497 e. The standard InChI is InChI=1S/C16H22O2/c1-11(2)15-10-5-12(3)18-16(15)13-6-8-14(17-4)9-7-13/h6-9,12,15-16H,1,5,10H2,2-4H3/t12-,15+,16+/m0/s1. The molecule has 0 saturated carbocycles. The second kappa shape index (κ2) is 5.57. The first-order valence-corrected chi connectivity index (χ1v) is 6.56. The Morgan fingerprint density at radius 3 is 2.50 bits per heavy atom. The number of rotatable bonds is 3. The Morgan fingerprint density at radius 1 is 1.28 bits per heavy atom. The van der Waals surface area contributed by atoms with Gasteiger partial charge in [0, 0.05) is 5.92 Å². The smallest absolute Gasteiger partial charge is 0.118 e. The number of benzene rings is 1. The van der Waals surface area contributed by atoms with E-state index in [1.54, 1.807) is 7.11 Å². The van der Waals surface area contributed by atoms with E-state index in [-0.39, 0.29) is 6.10 Å². The molecule has 2 rings (SSSR count). The predicted molar refractivity (Wildman–Crippen MR) is 73.8 cm³/mol. The molecule has 3 atom stereocenters. The van der Waals surface area contributed by atoms with Crippen molar-refractivity contribution in [2.24, 2.45) is 5.92 Å². The zero-order valence-corrected chi connectivity index (χ0v) is 11.5. The summed E-state index contributed by atoms with van der Waals surface area (Å²) in [5, 5.41) is 0. The average molecular weight is 246 g/mol. The van der Waals surface area contributed by atoms with Crippen LogP contribution in [0.2, 0.25) is 0 Å². The van der Waals surface area contributed by atoms with Crippen molar-refractivity contribution in [1.29, 1.82) is 0 Å². The van der Waals surface area contributed by atoms with Crippen LogP contribution in [0.5, 0.6) is 5.75 Å². The first-order chi connectivity index (χ1) is 8.61. The Kier molecular flexibility index (Phi) is 4.07. The number of hydrogen-bond donors (Lipinski definition) is 0. The van der Waals surface area contributed by atoms with Crippen LogP contribution in [0, 0.1) is 5.92 Å². The van der Waals surface area contributed by atoms with Gasteiger partial charge in [-0.25, -0.2) is 0 Å². The highest BCUT2D eigenvalue weighted by atomic mass is 16.5. The van der Waals surface area contributed by atoms with Crippen molar-refractivity contribution < 1.29 is 9.47 Å². The van der Waals surface area contributed by atoms with Gasteiger partial charge in [-0.1, -0.05) is 24.3 Å². The van der Waals surface area contributed by atoms with Gasteiger partial charge < -0.3 is 9.47 Å². The van der Waals surface area contributed by atoms with Crippen molar-refractivity contribution in [2.45, 2.75) is 38.9 Å². The number of ether oxygens (including phenoxy) is 2. The highest BCUT2D eigenvalue weighted by molar-refractivity contribution is 5.30. The van der Waals surface area contributed by atoms with Crippen LogP contribution >= 0.6 is 0 Å². The molecular weight excluding hydrogens is 224 g/mol. The lowest BCUT2D eigenvalue weighted by atomic mass is 9.83. The van der Waals surface area contributed by atoms with E-state index in [1.807, 2.05) is 12.1 Å². The molecule has 0 spiro atoms. The highest BCUT2D eigenvalue weighted by Crippen LogP contribution is 2.40. The minimum absolute atomic E-state index is 0.136. The third-order valence-electron chi connectivity index (χ3n) is 3.71. The molecule has 0 radical (unpaired) electrons. The lowest BCUT2D eigenvalue weighted by Crippen LogP contribution is -2.28. The molecule has 0 aliphatic carbocycles. The summed E-state index contributed by atoms with van der Waals surface area (Å²) in [5.74, 6) is 1.31. The summed E-state index contributed by atoms with van der Waals surface area (Å²) in [6.07, 6.45) is 2.74. The van der Waals surface area contributed by atoms with Gasteiger partial charge in [0.2, 0.25) is 0 Å². The first kappa shape index (κ1) is 13.2. The first-order valence-electron chi connectivity index (χ1n) is 6.56. The summed E-state index contributed by atoms with van der Waals surface area (Å²) in [6, 6.07) is 8.18. The molecule has 0 aromatic heterocycles. The summed E-state index contributed by atoms with van der Waals surface area (Å²) in [5.41, 5.74) is 2.43. The monoisotopic (exact) mass is 246 g/mol. The minimum atomic E-state index is 0.136. The van der Waals surface area contributed by atoms with Crippen molar-refractivity contribution in [3.05, 3.63) is 42.0 Å². The molecule has 2 nitrogen and oxygen atoms in total. The summed E-state index contributed by atoms with van der Waals surface area (Å²) in [7, 11) is 1.69. The molecule has 1 aromatic carbocycles. The fourth-order valence-corrected chi connectivity index (χ4v) is 2.59. The largest absolute Gasteiger partial charge is 0.497 e. The van der Waals surface area contributed by atoms with E-state index in [1.165, 1.54) is 11.1 Å². The maximum Gasteiger partial charge on any atom is 0.118 e. The second-order valence-electron chi connectivity index (χ2n) is 5.17. The van der Waals surface area contributed by atoms with E-state index in [9.17, 15) is 0 Å². The molecule has 1 aromatic rings. The van der Waals surface area contributed by atoms with E-state index < -0.39 is 0 Å². The van der Waals surface area contributed by atoms with Crippen molar-refractivity contribution in [2.75, 3.05) is 7.11 Å². The normalized spacial score (nSPS) is 27.8. The van der Waals surface area contributed by atoms with Crippen LogP contribution in [0.25, 0.3) is 0 Å². The Balaban J connectivity index is 2.23. The molecule has 2 heteroatoms. The Bertz CT molecular complexity index is 408. The van der Waals surface area contributed by atoms with Gasteiger partial charge in [0.15, 0.2) is 0 Å². The average Bonchev–Trinajstić information content (AvgIpc) is 2.38. The summed E-state index contributed by atoms with van der Waals surface area (Å²) < 4.78 is 11.3. The molecule has 0 N–H and O–H groups in total. The van der Waals surface area contributed by atoms with Crippen molar-refractivity contribution >= 4 is 0 Å². The molecule has 0 amide bonds. The molecule has 1 aliphatic heterocycles. The zero-order chi connectivity index (χ0) is 13.1. The van der Waals surface area contributed by atoms with E-state index in [4.69, 9.17) is 9.47 Å². The molecular formula is C16H22O2. The van der Waals surface area contributed by atoms with E-state index in [0.717, 1.165) is 18.6 Å². The van der Waals surface area contributed by atoms with Crippen molar-refractivity contribution in [3.63, 3.8) is 0 Å². The quantitative estimate of drug-likeness (QED) is 0.747. The van der Waals surface area contributed by atoms with Crippen molar-refractivity contribution in [3.8, 4) is 5.75 Å². The van der Waals surface area contributed by atoms with Crippen LogP contribution < -0.4 is 4.74 Å². The second-order valence-corrected chi connectivity index (χ2v) is 5.17. The van der Waals surface area contributed by atoms with Gasteiger partial charge in [-0.3, -0.25) is 0 Å². The third kappa shape index (κ3) is 2.75. The molecule has 1 fully saturated rings.